The lowest BCUT2D eigenvalue weighted by atomic mass is 10.0. The van der Waals surface area contributed by atoms with Crippen LogP contribution in [0.5, 0.6) is 0 Å². The monoisotopic (exact) mass is 342 g/mol. The molecule has 3 aromatic rings. The Morgan fingerprint density at radius 1 is 1.42 bits per heavy atom. The third-order valence-electron chi connectivity index (χ3n) is 4.37. The highest BCUT2D eigenvalue weighted by molar-refractivity contribution is 7.13. The number of anilines is 1. The van der Waals surface area contributed by atoms with Crippen molar-refractivity contribution in [3.63, 3.8) is 0 Å². The van der Waals surface area contributed by atoms with Crippen LogP contribution in [-0.2, 0) is 0 Å². The molecular formula is C17H22N6S. The van der Waals surface area contributed by atoms with Gasteiger partial charge in [-0.1, -0.05) is 13.8 Å². The number of nitrogens with one attached hydrogen (secondary N) is 2. The van der Waals surface area contributed by atoms with E-state index >= 15 is 0 Å². The standard InChI is InChI=1S/C17H22N6S/c1-11(2)8-12-9-23(7-6-18-12)14-10-24-17(20-14)15-13-4-3-5-19-16(13)22-21-15/h3-5,10-12,18H,6-9H2,1-2H3,(H,19,21,22). The van der Waals surface area contributed by atoms with Crippen LogP contribution in [0.15, 0.2) is 23.7 Å². The Balaban J connectivity index is 1.56. The van der Waals surface area contributed by atoms with E-state index in [9.17, 15) is 0 Å². The van der Waals surface area contributed by atoms with Gasteiger partial charge in [0.15, 0.2) is 5.65 Å². The number of fused-ring (bicyclic) bond motifs is 1. The molecule has 1 aliphatic heterocycles. The summed E-state index contributed by atoms with van der Waals surface area (Å²) < 4.78 is 0. The first kappa shape index (κ1) is 15.5. The number of aromatic nitrogens is 4. The van der Waals surface area contributed by atoms with E-state index in [0.29, 0.717) is 12.0 Å². The Labute approximate surface area is 145 Å². The summed E-state index contributed by atoms with van der Waals surface area (Å²) in [6, 6.07) is 4.51. The largest absolute Gasteiger partial charge is 0.353 e. The maximum atomic E-state index is 4.85. The fourth-order valence-corrected chi connectivity index (χ4v) is 4.13. The van der Waals surface area contributed by atoms with Crippen LogP contribution >= 0.6 is 11.3 Å². The molecule has 1 unspecified atom stereocenters. The molecule has 2 N–H and O–H groups in total. The fourth-order valence-electron chi connectivity index (χ4n) is 3.30. The molecule has 4 heterocycles. The molecule has 0 radical (unpaired) electrons. The van der Waals surface area contributed by atoms with Crippen molar-refractivity contribution >= 4 is 28.2 Å². The summed E-state index contributed by atoms with van der Waals surface area (Å²) in [6.07, 6.45) is 2.97. The van der Waals surface area contributed by atoms with Gasteiger partial charge in [0, 0.05) is 42.6 Å². The van der Waals surface area contributed by atoms with E-state index in [2.05, 4.69) is 44.6 Å². The van der Waals surface area contributed by atoms with Gasteiger partial charge in [-0.25, -0.2) is 9.97 Å². The van der Waals surface area contributed by atoms with Crippen LogP contribution < -0.4 is 10.2 Å². The predicted molar refractivity (Wildman–Crippen MR) is 98.5 cm³/mol. The van der Waals surface area contributed by atoms with E-state index in [-0.39, 0.29) is 0 Å². The van der Waals surface area contributed by atoms with Crippen molar-refractivity contribution in [2.45, 2.75) is 26.3 Å². The number of thiazole rings is 1. The van der Waals surface area contributed by atoms with Crippen LogP contribution in [0.1, 0.15) is 20.3 Å². The number of rotatable bonds is 4. The maximum absolute atomic E-state index is 4.85. The molecule has 0 bridgehead atoms. The van der Waals surface area contributed by atoms with Crippen molar-refractivity contribution in [2.24, 2.45) is 5.92 Å². The zero-order chi connectivity index (χ0) is 16.5. The van der Waals surface area contributed by atoms with Crippen LogP contribution in [0.4, 0.5) is 5.82 Å². The molecule has 0 amide bonds. The van der Waals surface area contributed by atoms with Crippen LogP contribution in [0.25, 0.3) is 21.7 Å². The highest BCUT2D eigenvalue weighted by atomic mass is 32.1. The number of aromatic amines is 1. The normalized spacial score (nSPS) is 18.6. The third kappa shape index (κ3) is 3.01. The molecule has 1 fully saturated rings. The molecule has 4 rings (SSSR count). The van der Waals surface area contributed by atoms with Gasteiger partial charge in [0.2, 0.25) is 0 Å². The summed E-state index contributed by atoms with van der Waals surface area (Å²) in [6.45, 7) is 7.58. The second-order valence-corrected chi connectivity index (χ2v) is 7.57. The number of nitrogens with zero attached hydrogens (tertiary/aromatic N) is 4. The maximum Gasteiger partial charge on any atom is 0.155 e. The molecule has 126 valence electrons. The van der Waals surface area contributed by atoms with E-state index < -0.39 is 0 Å². The third-order valence-corrected chi connectivity index (χ3v) is 5.20. The minimum Gasteiger partial charge on any atom is -0.353 e. The molecule has 24 heavy (non-hydrogen) atoms. The van der Waals surface area contributed by atoms with E-state index in [1.54, 1.807) is 17.5 Å². The Bertz CT molecular complexity index is 823. The van der Waals surface area contributed by atoms with Crippen LogP contribution in [0, 0.1) is 5.92 Å². The van der Waals surface area contributed by atoms with Crippen molar-refractivity contribution in [1.29, 1.82) is 0 Å². The molecule has 0 aliphatic carbocycles. The predicted octanol–water partition coefficient (Wildman–Crippen LogP) is 2.91. The van der Waals surface area contributed by atoms with Crippen LogP contribution in [-0.4, -0.2) is 45.8 Å². The molecule has 3 aromatic heterocycles. The first-order chi connectivity index (χ1) is 11.7. The van der Waals surface area contributed by atoms with E-state index in [4.69, 9.17) is 4.98 Å². The van der Waals surface area contributed by atoms with E-state index in [1.807, 2.05) is 12.1 Å². The Morgan fingerprint density at radius 3 is 3.21 bits per heavy atom. The summed E-state index contributed by atoms with van der Waals surface area (Å²) in [7, 11) is 0. The Kier molecular flexibility index (Phi) is 4.20. The molecular weight excluding hydrogens is 320 g/mol. The quantitative estimate of drug-likeness (QED) is 0.763. The molecule has 0 spiro atoms. The van der Waals surface area contributed by atoms with Crippen LogP contribution in [0.2, 0.25) is 0 Å². The van der Waals surface area contributed by atoms with Gasteiger partial charge in [0.05, 0.1) is 0 Å². The van der Waals surface area contributed by atoms with E-state index in [1.165, 1.54) is 6.42 Å². The smallest absolute Gasteiger partial charge is 0.155 e. The molecule has 0 aromatic carbocycles. The second-order valence-electron chi connectivity index (χ2n) is 6.71. The highest BCUT2D eigenvalue weighted by Gasteiger charge is 2.22. The Morgan fingerprint density at radius 2 is 2.33 bits per heavy atom. The van der Waals surface area contributed by atoms with Gasteiger partial charge in [-0.05, 0) is 24.5 Å². The summed E-state index contributed by atoms with van der Waals surface area (Å²) in [5.74, 6) is 1.77. The number of hydrogen-bond acceptors (Lipinski definition) is 6. The molecule has 6 nitrogen and oxygen atoms in total. The molecule has 1 atom stereocenters. The van der Waals surface area contributed by atoms with Gasteiger partial charge in [0.25, 0.3) is 0 Å². The minimum absolute atomic E-state index is 0.541. The van der Waals surface area contributed by atoms with Crippen molar-refractivity contribution in [1.82, 2.24) is 25.5 Å². The summed E-state index contributed by atoms with van der Waals surface area (Å²) >= 11 is 1.65. The average Bonchev–Trinajstić information content (AvgIpc) is 3.21. The van der Waals surface area contributed by atoms with Gasteiger partial charge < -0.3 is 10.2 Å². The molecule has 0 saturated carbocycles. The minimum atomic E-state index is 0.541. The fraction of sp³-hybridized carbons (Fsp3) is 0.471. The highest BCUT2D eigenvalue weighted by Crippen LogP contribution is 2.31. The number of piperazine rings is 1. The van der Waals surface area contributed by atoms with Gasteiger partial charge in [-0.15, -0.1) is 11.3 Å². The van der Waals surface area contributed by atoms with Crippen molar-refractivity contribution in [2.75, 3.05) is 24.5 Å². The molecule has 7 heteroatoms. The topological polar surface area (TPSA) is 69.7 Å². The lowest BCUT2D eigenvalue weighted by Crippen LogP contribution is -2.51. The van der Waals surface area contributed by atoms with Gasteiger partial charge in [-0.3, -0.25) is 5.10 Å². The Hall–Kier alpha value is -1.99. The van der Waals surface area contributed by atoms with Crippen LogP contribution in [0.3, 0.4) is 0 Å². The van der Waals surface area contributed by atoms with Crippen molar-refractivity contribution < 1.29 is 0 Å². The second kappa shape index (κ2) is 6.49. The van der Waals surface area contributed by atoms with Gasteiger partial charge in [0.1, 0.15) is 16.5 Å². The lowest BCUT2D eigenvalue weighted by molar-refractivity contribution is 0.387. The zero-order valence-electron chi connectivity index (χ0n) is 14.0. The first-order valence-electron chi connectivity index (χ1n) is 8.44. The van der Waals surface area contributed by atoms with Gasteiger partial charge >= 0.3 is 0 Å². The summed E-state index contributed by atoms with van der Waals surface area (Å²) in [5, 5.41) is 15.1. The van der Waals surface area contributed by atoms with Gasteiger partial charge in [-0.2, -0.15) is 5.10 Å². The summed E-state index contributed by atoms with van der Waals surface area (Å²) in [5.41, 5.74) is 1.70. The molecule has 1 aliphatic rings. The first-order valence-corrected chi connectivity index (χ1v) is 9.32. The zero-order valence-corrected chi connectivity index (χ0v) is 14.8. The van der Waals surface area contributed by atoms with Crippen molar-refractivity contribution in [3.8, 4) is 10.7 Å². The SMILES string of the molecule is CC(C)CC1CN(c2csc(-c3n[nH]c4ncccc34)n2)CCN1. The van der Waals surface area contributed by atoms with E-state index in [0.717, 1.165) is 47.2 Å². The summed E-state index contributed by atoms with van der Waals surface area (Å²) in [4.78, 5) is 11.5. The number of pyridine rings is 1. The molecule has 1 saturated heterocycles. The lowest BCUT2D eigenvalue weighted by Gasteiger charge is -2.34. The number of hydrogen-bond donors (Lipinski definition) is 2. The van der Waals surface area contributed by atoms with Crippen molar-refractivity contribution in [3.05, 3.63) is 23.7 Å². The number of H-pyrrole nitrogens is 1. The average molecular weight is 342 g/mol.